The fraction of sp³-hybridized carbons (Fsp3) is 0.391. The van der Waals surface area contributed by atoms with Crippen LogP contribution in [0.5, 0.6) is 0 Å². The maximum atomic E-state index is 12.5. The molecule has 5 rings (SSSR count). The second-order valence-electron chi connectivity index (χ2n) is 9.10. The highest BCUT2D eigenvalue weighted by Crippen LogP contribution is 2.48. The Hall–Kier alpha value is -2.95. The fourth-order valence-electron chi connectivity index (χ4n) is 4.23. The van der Waals surface area contributed by atoms with Gasteiger partial charge in [0.1, 0.15) is 0 Å². The van der Waals surface area contributed by atoms with Gasteiger partial charge >= 0.3 is 0 Å². The molecule has 0 unspecified atom stereocenters. The summed E-state index contributed by atoms with van der Waals surface area (Å²) in [4.78, 5) is 11.4. The smallest absolute Gasteiger partial charge is 0.229 e. The van der Waals surface area contributed by atoms with E-state index in [0.717, 1.165) is 11.3 Å². The minimum absolute atomic E-state index is 0.0377. The Kier molecular flexibility index (Phi) is 5.00. The predicted molar refractivity (Wildman–Crippen MR) is 122 cm³/mol. The average molecular weight is 468 g/mol. The van der Waals surface area contributed by atoms with Crippen molar-refractivity contribution in [1.29, 1.82) is 0 Å². The molecule has 1 spiro atoms. The Morgan fingerprint density at radius 3 is 2.48 bits per heavy atom. The van der Waals surface area contributed by atoms with Gasteiger partial charge in [-0.3, -0.25) is 0 Å². The number of benzene rings is 1. The van der Waals surface area contributed by atoms with Crippen molar-refractivity contribution in [3.05, 3.63) is 54.0 Å². The van der Waals surface area contributed by atoms with Gasteiger partial charge in [-0.1, -0.05) is 13.0 Å². The zero-order valence-electron chi connectivity index (χ0n) is 18.7. The normalized spacial score (nSPS) is 17.2. The Morgan fingerprint density at radius 2 is 1.88 bits per heavy atom. The van der Waals surface area contributed by atoms with Crippen molar-refractivity contribution in [3.8, 4) is 11.3 Å². The van der Waals surface area contributed by atoms with Crippen LogP contribution >= 0.6 is 0 Å². The van der Waals surface area contributed by atoms with Gasteiger partial charge in [0.15, 0.2) is 9.84 Å². The van der Waals surface area contributed by atoms with Gasteiger partial charge in [0.2, 0.25) is 5.95 Å². The van der Waals surface area contributed by atoms with E-state index in [0.29, 0.717) is 47.4 Å². The van der Waals surface area contributed by atoms with E-state index >= 15 is 0 Å². The lowest BCUT2D eigenvalue weighted by molar-refractivity contribution is -0.0507. The van der Waals surface area contributed by atoms with Crippen LogP contribution in [0.2, 0.25) is 0 Å². The summed E-state index contributed by atoms with van der Waals surface area (Å²) in [6.45, 7) is 6.78. The van der Waals surface area contributed by atoms with Gasteiger partial charge in [-0.15, -0.1) is 0 Å². The Balaban J connectivity index is 1.52. The number of hydrogen-bond acceptors (Lipinski definition) is 9. The molecule has 2 aliphatic rings. The molecule has 0 radical (unpaired) electrons. The van der Waals surface area contributed by atoms with Crippen molar-refractivity contribution in [3.63, 3.8) is 0 Å². The van der Waals surface area contributed by atoms with E-state index in [4.69, 9.17) is 4.74 Å². The first-order chi connectivity index (χ1) is 15.6. The van der Waals surface area contributed by atoms with Gasteiger partial charge in [-0.25, -0.2) is 18.4 Å². The lowest BCUT2D eigenvalue weighted by Gasteiger charge is -2.38. The van der Waals surface area contributed by atoms with Crippen molar-refractivity contribution in [2.24, 2.45) is 0 Å². The van der Waals surface area contributed by atoms with E-state index in [-0.39, 0.29) is 11.2 Å². The van der Waals surface area contributed by atoms with E-state index in [1.807, 2.05) is 11.0 Å². The number of aromatic nitrogens is 4. The van der Waals surface area contributed by atoms with Crippen molar-refractivity contribution in [1.82, 2.24) is 20.2 Å². The second-order valence-corrected chi connectivity index (χ2v) is 11.4. The molecule has 1 aromatic carbocycles. The summed E-state index contributed by atoms with van der Waals surface area (Å²) >= 11 is 0. The van der Waals surface area contributed by atoms with Gasteiger partial charge in [0.05, 0.1) is 46.8 Å². The molecule has 0 aliphatic carbocycles. The molecule has 0 saturated carbocycles. The molecule has 1 N–H and O–H groups in total. The standard InChI is InChI=1S/C23H25N5O4S/c1-4-33(30,31)17-5-6-18-20(8-17)28(12-23(18)13-32-14-23)21-24-9-15(10-25-21)19-7-16(11-26-27-19)22(2,3)29/h5-11,29H,4,12-14H2,1-3H3. The summed E-state index contributed by atoms with van der Waals surface area (Å²) in [5.74, 6) is 0.511. The predicted octanol–water partition coefficient (Wildman–Crippen LogP) is 2.37. The highest BCUT2D eigenvalue weighted by molar-refractivity contribution is 7.91. The maximum absolute atomic E-state index is 12.5. The molecule has 0 bridgehead atoms. The van der Waals surface area contributed by atoms with Crippen LogP contribution in [0.4, 0.5) is 11.6 Å². The summed E-state index contributed by atoms with van der Waals surface area (Å²) in [5, 5.41) is 18.4. The first-order valence-corrected chi connectivity index (χ1v) is 12.4. The van der Waals surface area contributed by atoms with Crippen LogP contribution in [0.25, 0.3) is 11.3 Å². The number of sulfone groups is 1. The number of rotatable bonds is 5. The van der Waals surface area contributed by atoms with Crippen molar-refractivity contribution >= 4 is 21.5 Å². The van der Waals surface area contributed by atoms with Crippen LogP contribution in [0.1, 0.15) is 31.9 Å². The van der Waals surface area contributed by atoms with Gasteiger partial charge in [0, 0.05) is 35.8 Å². The zero-order chi connectivity index (χ0) is 23.4. The van der Waals surface area contributed by atoms with Crippen LogP contribution < -0.4 is 4.90 Å². The number of ether oxygens (including phenoxy) is 1. The highest BCUT2D eigenvalue weighted by Gasteiger charge is 2.49. The quantitative estimate of drug-likeness (QED) is 0.603. The first-order valence-electron chi connectivity index (χ1n) is 10.7. The fourth-order valence-corrected chi connectivity index (χ4v) is 5.13. The highest BCUT2D eigenvalue weighted by atomic mass is 32.2. The number of fused-ring (bicyclic) bond motifs is 2. The molecule has 172 valence electrons. The maximum Gasteiger partial charge on any atom is 0.229 e. The van der Waals surface area contributed by atoms with Crippen molar-refractivity contribution < 1.29 is 18.3 Å². The molecule has 2 aromatic heterocycles. The lowest BCUT2D eigenvalue weighted by Crippen LogP contribution is -2.49. The van der Waals surface area contributed by atoms with E-state index < -0.39 is 15.4 Å². The van der Waals surface area contributed by atoms with Crippen LogP contribution in [0, 0.1) is 0 Å². The second kappa shape index (κ2) is 7.54. The lowest BCUT2D eigenvalue weighted by atomic mass is 9.81. The Morgan fingerprint density at radius 1 is 1.15 bits per heavy atom. The first kappa shape index (κ1) is 21.9. The number of aliphatic hydroxyl groups is 1. The molecule has 1 saturated heterocycles. The summed E-state index contributed by atoms with van der Waals surface area (Å²) in [7, 11) is -3.34. The van der Waals surface area contributed by atoms with E-state index in [1.54, 1.807) is 51.4 Å². The molecule has 0 amide bonds. The van der Waals surface area contributed by atoms with Gasteiger partial charge in [0.25, 0.3) is 0 Å². The largest absolute Gasteiger partial charge is 0.386 e. The molecule has 3 aromatic rings. The molecule has 0 atom stereocenters. The monoisotopic (exact) mass is 467 g/mol. The molecular formula is C23H25N5O4S. The molecule has 33 heavy (non-hydrogen) atoms. The van der Waals surface area contributed by atoms with E-state index in [2.05, 4.69) is 20.2 Å². The molecule has 1 fully saturated rings. The SMILES string of the molecule is CCS(=O)(=O)c1ccc2c(c1)N(c1ncc(-c3cc(C(C)(C)O)cnn3)cn1)CC21COC1. The average Bonchev–Trinajstić information content (AvgIpc) is 3.14. The summed E-state index contributed by atoms with van der Waals surface area (Å²) in [6.07, 6.45) is 4.85. The molecule has 9 nitrogen and oxygen atoms in total. The molecule has 10 heteroatoms. The Bertz CT molecular complexity index is 1320. The van der Waals surface area contributed by atoms with Gasteiger partial charge in [-0.05, 0) is 37.6 Å². The third-order valence-electron chi connectivity index (χ3n) is 6.32. The van der Waals surface area contributed by atoms with Gasteiger partial charge < -0.3 is 14.7 Å². The van der Waals surface area contributed by atoms with Crippen LogP contribution in [0.15, 0.2) is 47.8 Å². The number of nitrogens with zero attached hydrogens (tertiary/aromatic N) is 5. The number of hydrogen-bond donors (Lipinski definition) is 1. The van der Waals surface area contributed by atoms with Crippen molar-refractivity contribution in [2.45, 2.75) is 36.7 Å². The van der Waals surface area contributed by atoms with E-state index in [1.165, 1.54) is 6.20 Å². The molecule has 2 aliphatic heterocycles. The topological polar surface area (TPSA) is 118 Å². The van der Waals surface area contributed by atoms with Crippen LogP contribution in [-0.2, 0) is 25.6 Å². The van der Waals surface area contributed by atoms with Crippen LogP contribution in [0.3, 0.4) is 0 Å². The van der Waals surface area contributed by atoms with Crippen LogP contribution in [-0.4, -0.2) is 59.2 Å². The summed E-state index contributed by atoms with van der Waals surface area (Å²) in [5.41, 5.74) is 2.49. The summed E-state index contributed by atoms with van der Waals surface area (Å²) in [6, 6.07) is 7.06. The molecule has 4 heterocycles. The van der Waals surface area contributed by atoms with Gasteiger partial charge in [-0.2, -0.15) is 10.2 Å². The van der Waals surface area contributed by atoms with Crippen molar-refractivity contribution in [2.75, 3.05) is 30.4 Å². The third-order valence-corrected chi connectivity index (χ3v) is 8.06. The van der Waals surface area contributed by atoms with E-state index in [9.17, 15) is 13.5 Å². The summed E-state index contributed by atoms with van der Waals surface area (Å²) < 4.78 is 30.5. The molecular weight excluding hydrogens is 442 g/mol. The zero-order valence-corrected chi connectivity index (χ0v) is 19.5. The number of anilines is 2. The Labute approximate surface area is 192 Å². The third kappa shape index (κ3) is 3.68. The minimum Gasteiger partial charge on any atom is -0.386 e. The minimum atomic E-state index is -3.34.